The number of hydrogen-bond acceptors (Lipinski definition) is 4. The van der Waals surface area contributed by atoms with Gasteiger partial charge in [-0.3, -0.25) is 19.1 Å². The summed E-state index contributed by atoms with van der Waals surface area (Å²) in [5, 5.41) is 0. The molecule has 0 aliphatic carbocycles. The predicted octanol–water partition coefficient (Wildman–Crippen LogP) is 3.04. The lowest BCUT2D eigenvalue weighted by atomic mass is 9.75. The number of fused-ring (bicyclic) bond motifs is 1. The number of likely N-dealkylation sites (tertiary alicyclic amines) is 2. The Hall–Kier alpha value is -1.69. The maximum Gasteiger partial charge on any atom is 0.253 e. The van der Waals surface area contributed by atoms with Crippen molar-refractivity contribution in [3.05, 3.63) is 27.9 Å². The van der Waals surface area contributed by atoms with Gasteiger partial charge in [-0.15, -0.1) is 0 Å². The first-order valence-corrected chi connectivity index (χ1v) is 11.9. The molecule has 1 atom stereocenters. The Bertz CT molecular complexity index is 817. The van der Waals surface area contributed by atoms with Gasteiger partial charge >= 0.3 is 0 Å². The second-order valence-corrected chi connectivity index (χ2v) is 10.6. The Morgan fingerprint density at radius 3 is 2.57 bits per heavy atom. The molecule has 0 N–H and O–H groups in total. The molecule has 30 heavy (non-hydrogen) atoms. The maximum atomic E-state index is 12.9. The van der Waals surface area contributed by atoms with E-state index in [0.29, 0.717) is 17.9 Å². The van der Waals surface area contributed by atoms with E-state index in [1.165, 1.54) is 6.42 Å². The number of hydrogen-bond donors (Lipinski definition) is 0. The van der Waals surface area contributed by atoms with E-state index in [-0.39, 0.29) is 17.4 Å². The number of carbonyl (C=O) groups excluding carboxylic acids is 1. The third kappa shape index (κ3) is 4.79. The third-order valence-corrected chi connectivity index (χ3v) is 7.51. The number of nitrogens with zero attached hydrogens (tertiary/aromatic N) is 4. The Morgan fingerprint density at radius 1 is 1.07 bits per heavy atom. The van der Waals surface area contributed by atoms with Gasteiger partial charge in [0.25, 0.3) is 5.56 Å². The first-order valence-electron chi connectivity index (χ1n) is 11.9. The molecule has 6 heteroatoms. The van der Waals surface area contributed by atoms with Crippen molar-refractivity contribution in [3.8, 4) is 0 Å². The zero-order valence-corrected chi connectivity index (χ0v) is 19.0. The van der Waals surface area contributed by atoms with Crippen LogP contribution in [0.1, 0.15) is 76.7 Å². The van der Waals surface area contributed by atoms with Crippen LogP contribution in [0.2, 0.25) is 0 Å². The molecule has 4 heterocycles. The molecule has 0 radical (unpaired) electrons. The molecule has 4 rings (SSSR count). The molecule has 6 nitrogen and oxygen atoms in total. The topological polar surface area (TPSA) is 58.4 Å². The van der Waals surface area contributed by atoms with Gasteiger partial charge in [-0.05, 0) is 50.0 Å². The van der Waals surface area contributed by atoms with Crippen LogP contribution in [0.4, 0.5) is 0 Å². The number of amides is 1. The van der Waals surface area contributed by atoms with Gasteiger partial charge in [-0.1, -0.05) is 27.2 Å². The molecule has 2 fully saturated rings. The van der Waals surface area contributed by atoms with Gasteiger partial charge in [0.1, 0.15) is 5.82 Å². The molecule has 0 saturated carbocycles. The van der Waals surface area contributed by atoms with Crippen molar-refractivity contribution in [2.45, 2.75) is 78.2 Å². The third-order valence-electron chi connectivity index (χ3n) is 7.51. The Morgan fingerprint density at radius 2 is 1.83 bits per heavy atom. The highest BCUT2D eigenvalue weighted by Gasteiger charge is 2.32. The summed E-state index contributed by atoms with van der Waals surface area (Å²) in [6, 6.07) is 1.75. The summed E-state index contributed by atoms with van der Waals surface area (Å²) in [6.07, 6.45) is 7.47. The van der Waals surface area contributed by atoms with E-state index in [1.54, 1.807) is 6.07 Å². The highest BCUT2D eigenvalue weighted by Crippen LogP contribution is 2.34. The summed E-state index contributed by atoms with van der Waals surface area (Å²) in [7, 11) is 0. The zero-order chi connectivity index (χ0) is 21.3. The van der Waals surface area contributed by atoms with Crippen LogP contribution >= 0.6 is 0 Å². The Kier molecular flexibility index (Phi) is 6.33. The first kappa shape index (κ1) is 21.5. The highest BCUT2D eigenvalue weighted by atomic mass is 16.2. The molecule has 3 aliphatic rings. The molecule has 1 unspecified atom stereocenters. The smallest absolute Gasteiger partial charge is 0.253 e. The van der Waals surface area contributed by atoms with E-state index in [0.717, 1.165) is 82.8 Å². The number of piperidine rings is 1. The molecule has 0 aromatic carbocycles. The van der Waals surface area contributed by atoms with Crippen LogP contribution < -0.4 is 5.56 Å². The minimum atomic E-state index is 0.105. The van der Waals surface area contributed by atoms with Crippen LogP contribution in [0.3, 0.4) is 0 Å². The average molecular weight is 415 g/mol. The molecular weight excluding hydrogens is 376 g/mol. The Balaban J connectivity index is 1.33. The molecule has 1 aromatic heterocycles. The van der Waals surface area contributed by atoms with Crippen molar-refractivity contribution in [1.29, 1.82) is 0 Å². The minimum Gasteiger partial charge on any atom is -0.342 e. The van der Waals surface area contributed by atoms with Gasteiger partial charge in [0.15, 0.2) is 0 Å². The van der Waals surface area contributed by atoms with Gasteiger partial charge in [-0.25, -0.2) is 4.98 Å². The number of aromatic nitrogens is 2. The molecular formula is C24H38N4O2. The molecule has 166 valence electrons. The van der Waals surface area contributed by atoms with Crippen molar-refractivity contribution >= 4 is 5.91 Å². The van der Waals surface area contributed by atoms with Crippen LogP contribution in [0, 0.1) is 11.3 Å². The molecule has 0 bridgehead atoms. The van der Waals surface area contributed by atoms with Gasteiger partial charge in [0, 0.05) is 44.6 Å². The number of aryl methyl sites for hydroxylation is 1. The van der Waals surface area contributed by atoms with Crippen molar-refractivity contribution in [2.75, 3.05) is 32.7 Å². The number of rotatable bonds is 3. The van der Waals surface area contributed by atoms with Crippen LogP contribution in [0.15, 0.2) is 10.9 Å². The van der Waals surface area contributed by atoms with E-state index < -0.39 is 0 Å². The summed E-state index contributed by atoms with van der Waals surface area (Å²) < 4.78 is 1.87. The summed E-state index contributed by atoms with van der Waals surface area (Å²) in [4.78, 5) is 34.7. The Labute approximate surface area is 180 Å². The molecule has 1 aromatic rings. The van der Waals surface area contributed by atoms with Crippen LogP contribution in [0.5, 0.6) is 0 Å². The maximum absolute atomic E-state index is 12.9. The minimum absolute atomic E-state index is 0.105. The van der Waals surface area contributed by atoms with Gasteiger partial charge < -0.3 is 4.90 Å². The van der Waals surface area contributed by atoms with E-state index >= 15 is 0 Å². The lowest BCUT2D eigenvalue weighted by molar-refractivity contribution is -0.134. The fourth-order valence-electron chi connectivity index (χ4n) is 5.45. The summed E-state index contributed by atoms with van der Waals surface area (Å²) in [5.74, 6) is 2.20. The second kappa shape index (κ2) is 8.81. The number of carbonyl (C=O) groups is 1. The lowest BCUT2D eigenvalue weighted by Crippen LogP contribution is -2.45. The van der Waals surface area contributed by atoms with Crippen molar-refractivity contribution in [3.63, 3.8) is 0 Å². The summed E-state index contributed by atoms with van der Waals surface area (Å²) in [5.41, 5.74) is 1.37. The predicted molar refractivity (Wildman–Crippen MR) is 119 cm³/mol. The monoisotopic (exact) mass is 414 g/mol. The quantitative estimate of drug-likeness (QED) is 0.763. The van der Waals surface area contributed by atoms with Gasteiger partial charge in [0.05, 0.1) is 12.2 Å². The van der Waals surface area contributed by atoms with Gasteiger partial charge in [0.2, 0.25) is 5.91 Å². The van der Waals surface area contributed by atoms with Gasteiger partial charge in [-0.2, -0.15) is 0 Å². The zero-order valence-electron chi connectivity index (χ0n) is 19.0. The standard InChI is InChI=1S/C24H38N4O2/c1-24(2,3)19-9-13-27(14-10-19)23(30)17-26-12-8-18(16-26)20-15-22(29)28-11-6-4-5-7-21(28)25-20/h15,18-19H,4-14,16-17H2,1-3H3. The first-order chi connectivity index (χ1) is 14.3. The van der Waals surface area contributed by atoms with Crippen molar-refractivity contribution in [1.82, 2.24) is 19.4 Å². The van der Waals surface area contributed by atoms with Crippen LogP contribution in [-0.2, 0) is 17.8 Å². The van der Waals surface area contributed by atoms with E-state index in [9.17, 15) is 9.59 Å². The van der Waals surface area contributed by atoms with E-state index in [4.69, 9.17) is 4.98 Å². The normalized spacial score (nSPS) is 24.0. The summed E-state index contributed by atoms with van der Waals surface area (Å²) >= 11 is 0. The van der Waals surface area contributed by atoms with E-state index in [2.05, 4.69) is 30.6 Å². The fraction of sp³-hybridized carbons (Fsp3) is 0.792. The molecule has 2 saturated heterocycles. The summed E-state index contributed by atoms with van der Waals surface area (Å²) in [6.45, 7) is 11.8. The molecule has 3 aliphatic heterocycles. The fourth-order valence-corrected chi connectivity index (χ4v) is 5.45. The highest BCUT2D eigenvalue weighted by molar-refractivity contribution is 5.78. The average Bonchev–Trinajstić information content (AvgIpc) is 3.03. The van der Waals surface area contributed by atoms with Crippen LogP contribution in [-0.4, -0.2) is 58.0 Å². The van der Waals surface area contributed by atoms with E-state index in [1.807, 2.05) is 4.57 Å². The SMILES string of the molecule is CC(C)(C)C1CCN(C(=O)CN2CCC(c3cc(=O)n4c(n3)CCCCC4)C2)CC1. The van der Waals surface area contributed by atoms with Crippen LogP contribution in [0.25, 0.3) is 0 Å². The van der Waals surface area contributed by atoms with Crippen molar-refractivity contribution in [2.24, 2.45) is 11.3 Å². The molecule has 1 amide bonds. The molecule has 0 spiro atoms. The second-order valence-electron chi connectivity index (χ2n) is 10.6. The largest absolute Gasteiger partial charge is 0.342 e. The lowest BCUT2D eigenvalue weighted by Gasteiger charge is -2.39. The van der Waals surface area contributed by atoms with Crippen molar-refractivity contribution < 1.29 is 4.79 Å².